The third-order valence-corrected chi connectivity index (χ3v) is 3.20. The zero-order valence-corrected chi connectivity index (χ0v) is 11.1. The van der Waals surface area contributed by atoms with E-state index in [1.54, 1.807) is 0 Å². The molecule has 0 fully saturated rings. The number of H-pyrrole nitrogens is 1. The van der Waals surface area contributed by atoms with Crippen LogP contribution in [0.4, 0.5) is 5.69 Å². The highest BCUT2D eigenvalue weighted by atomic mass is 35.5. The largest absolute Gasteiger partial charge is 0.365 e. The lowest BCUT2D eigenvalue weighted by molar-refractivity contribution is -0.115. The number of aryl methyl sites for hydroxylation is 1. The summed E-state index contributed by atoms with van der Waals surface area (Å²) in [4.78, 5) is 14.9. The van der Waals surface area contributed by atoms with Crippen LogP contribution in [0.1, 0.15) is 16.8 Å². The Morgan fingerprint density at radius 3 is 2.83 bits per heavy atom. The molecule has 0 aliphatic heterocycles. The normalized spacial score (nSPS) is 10.4. The van der Waals surface area contributed by atoms with E-state index in [2.05, 4.69) is 10.3 Å². The Labute approximate surface area is 111 Å². The third-order valence-electron chi connectivity index (χ3n) is 2.79. The fraction of sp³-hybridized carbons (Fsp3) is 0.214. The minimum absolute atomic E-state index is 0.0423. The first-order valence-electron chi connectivity index (χ1n) is 5.75. The highest BCUT2D eigenvalue weighted by Crippen LogP contribution is 2.23. The molecule has 0 aliphatic carbocycles. The van der Waals surface area contributed by atoms with Crippen LogP contribution < -0.4 is 5.32 Å². The quantitative estimate of drug-likeness (QED) is 0.874. The van der Waals surface area contributed by atoms with Gasteiger partial charge in [0.05, 0.1) is 6.42 Å². The smallest absolute Gasteiger partial charge is 0.228 e. The molecule has 0 saturated carbocycles. The van der Waals surface area contributed by atoms with E-state index in [-0.39, 0.29) is 5.91 Å². The van der Waals surface area contributed by atoms with Gasteiger partial charge in [-0.2, -0.15) is 0 Å². The molecule has 1 aromatic carbocycles. The van der Waals surface area contributed by atoms with Gasteiger partial charge < -0.3 is 10.3 Å². The summed E-state index contributed by atoms with van der Waals surface area (Å²) in [6.45, 7) is 3.85. The number of rotatable bonds is 3. The van der Waals surface area contributed by atoms with Crippen molar-refractivity contribution in [2.45, 2.75) is 20.3 Å². The molecule has 3 nitrogen and oxygen atoms in total. The van der Waals surface area contributed by atoms with Gasteiger partial charge in [0.1, 0.15) is 0 Å². The molecule has 0 bridgehead atoms. The topological polar surface area (TPSA) is 44.9 Å². The van der Waals surface area contributed by atoms with Crippen LogP contribution >= 0.6 is 11.6 Å². The van der Waals surface area contributed by atoms with E-state index in [4.69, 9.17) is 11.6 Å². The fourth-order valence-corrected chi connectivity index (χ4v) is 1.97. The molecule has 4 heteroatoms. The second kappa shape index (κ2) is 5.27. The van der Waals surface area contributed by atoms with Crippen LogP contribution in [0.2, 0.25) is 5.02 Å². The van der Waals surface area contributed by atoms with Gasteiger partial charge in [0.15, 0.2) is 0 Å². The maximum atomic E-state index is 11.9. The van der Waals surface area contributed by atoms with E-state index >= 15 is 0 Å². The molecule has 1 heterocycles. The second-order valence-corrected chi connectivity index (χ2v) is 4.74. The molecule has 0 radical (unpaired) electrons. The number of carbonyl (C=O) groups is 1. The van der Waals surface area contributed by atoms with Crippen LogP contribution in [-0.2, 0) is 11.2 Å². The average Bonchev–Trinajstić information content (AvgIpc) is 2.70. The zero-order valence-electron chi connectivity index (χ0n) is 10.4. The fourth-order valence-electron chi connectivity index (χ4n) is 1.79. The van der Waals surface area contributed by atoms with Crippen LogP contribution in [0, 0.1) is 13.8 Å². The Morgan fingerprint density at radius 1 is 1.39 bits per heavy atom. The van der Waals surface area contributed by atoms with E-state index in [0.29, 0.717) is 11.4 Å². The van der Waals surface area contributed by atoms with Gasteiger partial charge in [0, 0.05) is 22.6 Å². The van der Waals surface area contributed by atoms with Crippen molar-refractivity contribution in [2.24, 2.45) is 0 Å². The minimum Gasteiger partial charge on any atom is -0.365 e. The van der Waals surface area contributed by atoms with E-state index in [9.17, 15) is 4.79 Å². The van der Waals surface area contributed by atoms with E-state index in [1.165, 1.54) is 0 Å². The number of benzene rings is 1. The number of hydrogen-bond donors (Lipinski definition) is 2. The van der Waals surface area contributed by atoms with Crippen LogP contribution in [0.3, 0.4) is 0 Å². The molecule has 2 N–H and O–H groups in total. The van der Waals surface area contributed by atoms with Crippen molar-refractivity contribution in [3.05, 3.63) is 52.3 Å². The van der Waals surface area contributed by atoms with Crippen molar-refractivity contribution in [3.63, 3.8) is 0 Å². The molecule has 18 heavy (non-hydrogen) atoms. The van der Waals surface area contributed by atoms with Gasteiger partial charge in [-0.1, -0.05) is 17.7 Å². The summed E-state index contributed by atoms with van der Waals surface area (Å²) in [6.07, 6.45) is 2.20. The van der Waals surface area contributed by atoms with Crippen molar-refractivity contribution >= 4 is 23.2 Å². The molecule has 0 saturated heterocycles. The predicted octanol–water partition coefficient (Wildman–Crippen LogP) is 3.47. The maximum Gasteiger partial charge on any atom is 0.228 e. The maximum absolute atomic E-state index is 11.9. The predicted molar refractivity (Wildman–Crippen MR) is 74.1 cm³/mol. The molecule has 2 rings (SSSR count). The molecule has 1 aromatic heterocycles. The third kappa shape index (κ3) is 2.93. The van der Waals surface area contributed by atoms with Crippen molar-refractivity contribution in [2.75, 3.05) is 5.32 Å². The van der Waals surface area contributed by atoms with Gasteiger partial charge in [-0.15, -0.1) is 0 Å². The first kappa shape index (κ1) is 12.7. The van der Waals surface area contributed by atoms with Gasteiger partial charge in [0.25, 0.3) is 0 Å². The zero-order chi connectivity index (χ0) is 13.1. The Morgan fingerprint density at radius 2 is 2.17 bits per heavy atom. The highest BCUT2D eigenvalue weighted by Gasteiger charge is 2.08. The van der Waals surface area contributed by atoms with E-state index < -0.39 is 0 Å². The van der Waals surface area contributed by atoms with Crippen molar-refractivity contribution < 1.29 is 4.79 Å². The molecule has 94 valence electrons. The van der Waals surface area contributed by atoms with Gasteiger partial charge in [-0.25, -0.2) is 0 Å². The standard InChI is InChI=1S/C14H15ClN2O/c1-9-6-11(8-16-9)7-14(18)17-13-5-3-4-12(15)10(13)2/h3-6,8,16H,7H2,1-2H3,(H,17,18). The molecule has 0 spiro atoms. The van der Waals surface area contributed by atoms with Crippen molar-refractivity contribution in [1.29, 1.82) is 0 Å². The molecule has 2 aromatic rings. The number of anilines is 1. The summed E-state index contributed by atoms with van der Waals surface area (Å²) in [5.41, 5.74) is 3.68. The van der Waals surface area contributed by atoms with E-state index in [1.807, 2.05) is 44.3 Å². The molecule has 1 amide bonds. The highest BCUT2D eigenvalue weighted by molar-refractivity contribution is 6.31. The molecule has 0 atom stereocenters. The average molecular weight is 263 g/mol. The lowest BCUT2D eigenvalue weighted by Gasteiger charge is -2.08. The Kier molecular flexibility index (Phi) is 3.72. The molecule has 0 aliphatic rings. The number of amides is 1. The second-order valence-electron chi connectivity index (χ2n) is 4.33. The number of carbonyl (C=O) groups excluding carboxylic acids is 1. The lowest BCUT2D eigenvalue weighted by Crippen LogP contribution is -2.14. The first-order chi connectivity index (χ1) is 8.56. The number of aromatic nitrogens is 1. The number of hydrogen-bond acceptors (Lipinski definition) is 1. The van der Waals surface area contributed by atoms with Crippen molar-refractivity contribution in [3.8, 4) is 0 Å². The molecular weight excluding hydrogens is 248 g/mol. The Bertz CT molecular complexity index is 575. The minimum atomic E-state index is -0.0423. The van der Waals surface area contributed by atoms with Crippen molar-refractivity contribution in [1.82, 2.24) is 4.98 Å². The van der Waals surface area contributed by atoms with Gasteiger partial charge >= 0.3 is 0 Å². The first-order valence-corrected chi connectivity index (χ1v) is 6.13. The number of aromatic amines is 1. The summed E-state index contributed by atoms with van der Waals surface area (Å²) in [5.74, 6) is -0.0423. The van der Waals surface area contributed by atoms with E-state index in [0.717, 1.165) is 22.5 Å². The van der Waals surface area contributed by atoms with Crippen LogP contribution in [0.5, 0.6) is 0 Å². The summed E-state index contributed by atoms with van der Waals surface area (Å²) in [5, 5.41) is 3.53. The van der Waals surface area contributed by atoms with Gasteiger partial charge in [0.2, 0.25) is 5.91 Å². The molecule has 0 unspecified atom stereocenters. The van der Waals surface area contributed by atoms with Crippen LogP contribution in [0.25, 0.3) is 0 Å². The lowest BCUT2D eigenvalue weighted by atomic mass is 10.2. The summed E-state index contributed by atoms with van der Waals surface area (Å²) in [7, 11) is 0. The summed E-state index contributed by atoms with van der Waals surface area (Å²) >= 11 is 6.00. The van der Waals surface area contributed by atoms with Crippen LogP contribution in [0.15, 0.2) is 30.5 Å². The Hall–Kier alpha value is -1.74. The monoisotopic (exact) mass is 262 g/mol. The number of nitrogens with one attached hydrogen (secondary N) is 2. The van der Waals surface area contributed by atoms with Gasteiger partial charge in [-0.05, 0) is 43.2 Å². The van der Waals surface area contributed by atoms with Gasteiger partial charge in [-0.3, -0.25) is 4.79 Å². The SMILES string of the molecule is Cc1cc(CC(=O)Nc2cccc(Cl)c2C)c[nH]1. The Balaban J connectivity index is 2.05. The van der Waals surface area contributed by atoms with Crippen LogP contribution in [-0.4, -0.2) is 10.9 Å². The summed E-state index contributed by atoms with van der Waals surface area (Å²) < 4.78 is 0. The molecular formula is C14H15ClN2O. The number of halogens is 1. The summed E-state index contributed by atoms with van der Waals surface area (Å²) in [6, 6.07) is 7.44.